The second-order valence-corrected chi connectivity index (χ2v) is 9.81. The number of benzene rings is 1. The van der Waals surface area contributed by atoms with Gasteiger partial charge in [-0.2, -0.15) is 0 Å². The Morgan fingerprint density at radius 1 is 1.15 bits per heavy atom. The number of alkyl halides is 1. The molecule has 0 aromatic heterocycles. The fraction of sp³-hybridized carbons (Fsp3) is 0.455. The van der Waals surface area contributed by atoms with E-state index in [4.69, 9.17) is 11.6 Å². The molecule has 0 heterocycles. The fourth-order valence-corrected chi connectivity index (χ4v) is 5.39. The predicted molar refractivity (Wildman–Crippen MR) is 61.2 cm³/mol. The van der Waals surface area contributed by atoms with Crippen LogP contribution in [0.3, 0.4) is 0 Å². The third kappa shape index (κ3) is 3.51. The molecule has 2 radical (unpaired) electrons. The van der Waals surface area contributed by atoms with Crippen LogP contribution in [0.2, 0.25) is 3.93 Å². The summed E-state index contributed by atoms with van der Waals surface area (Å²) in [6.45, 7) is 6.67. The van der Waals surface area contributed by atoms with Gasteiger partial charge in [0.25, 0.3) is 0 Å². The van der Waals surface area contributed by atoms with E-state index < -0.39 is 21.1 Å². The molecule has 0 spiro atoms. The molecule has 0 bridgehead atoms. The molecule has 1 rings (SSSR count). The van der Waals surface area contributed by atoms with Crippen molar-refractivity contribution in [2.24, 2.45) is 0 Å². The Labute approximate surface area is 95.9 Å². The molecule has 2 heteroatoms. The molecule has 0 aliphatic heterocycles. The number of hydrogen-bond acceptors (Lipinski definition) is 0. The summed E-state index contributed by atoms with van der Waals surface area (Å²) in [7, 11) is 0. The first kappa shape index (κ1) is 11.4. The van der Waals surface area contributed by atoms with E-state index in [0.29, 0.717) is 0 Å². The number of hydrogen-bond donors (Lipinski definition) is 0. The van der Waals surface area contributed by atoms with Crippen LogP contribution in [-0.4, -0.2) is 21.1 Å². The van der Waals surface area contributed by atoms with E-state index in [1.54, 1.807) is 3.58 Å². The van der Waals surface area contributed by atoms with Gasteiger partial charge in [-0.3, -0.25) is 0 Å². The Balaban J connectivity index is 2.91. The molecule has 1 aromatic rings. The summed E-state index contributed by atoms with van der Waals surface area (Å²) < 4.78 is 2.42. The summed E-state index contributed by atoms with van der Waals surface area (Å²) in [5, 5.41) is 0.163. The Kier molecular flexibility index (Phi) is 4.60. The predicted octanol–water partition coefficient (Wildman–Crippen LogP) is 3.14. The van der Waals surface area contributed by atoms with Gasteiger partial charge in [0.05, 0.1) is 0 Å². The van der Waals surface area contributed by atoms with Crippen molar-refractivity contribution in [1.82, 2.24) is 0 Å². The normalized spacial score (nSPS) is 13.3. The number of rotatable bonds is 3. The first-order chi connectivity index (χ1) is 6.11. The van der Waals surface area contributed by atoms with E-state index in [2.05, 4.69) is 45.0 Å². The van der Waals surface area contributed by atoms with Crippen molar-refractivity contribution in [2.45, 2.75) is 30.1 Å². The molecule has 0 saturated carbocycles. The van der Waals surface area contributed by atoms with Crippen LogP contribution in [0.15, 0.2) is 24.3 Å². The monoisotopic (exact) mass is 302 g/mol. The van der Waals surface area contributed by atoms with E-state index in [1.807, 2.05) is 0 Å². The van der Waals surface area contributed by atoms with Crippen molar-refractivity contribution in [2.75, 3.05) is 0 Å². The minimum atomic E-state index is -0.413. The molecule has 70 valence electrons. The van der Waals surface area contributed by atoms with E-state index in [9.17, 15) is 0 Å². The van der Waals surface area contributed by atoms with Crippen LogP contribution in [0.1, 0.15) is 31.7 Å². The molecule has 0 nitrogen and oxygen atoms in total. The third-order valence-corrected chi connectivity index (χ3v) is 5.90. The molecule has 0 aliphatic rings. The van der Waals surface area contributed by atoms with Crippen molar-refractivity contribution < 1.29 is 0 Å². The zero-order valence-electron chi connectivity index (χ0n) is 8.34. The Bertz CT molecular complexity index is 269. The average Bonchev–Trinajstić information content (AvgIpc) is 2.03. The van der Waals surface area contributed by atoms with Crippen LogP contribution in [0.4, 0.5) is 0 Å². The van der Waals surface area contributed by atoms with Crippen molar-refractivity contribution in [3.8, 4) is 0 Å². The molecule has 1 atom stereocenters. The van der Waals surface area contributed by atoms with Crippen molar-refractivity contribution in [3.63, 3.8) is 0 Å². The van der Waals surface area contributed by atoms with Gasteiger partial charge in [-0.15, -0.1) is 0 Å². The SMILES string of the molecule is C[CH](C)[Sn][c]1ccccc1C(C)Cl. The van der Waals surface area contributed by atoms with Gasteiger partial charge in [0.15, 0.2) is 0 Å². The van der Waals surface area contributed by atoms with Crippen LogP contribution in [-0.2, 0) is 0 Å². The molecule has 0 fully saturated rings. The zero-order valence-corrected chi connectivity index (χ0v) is 12.0. The van der Waals surface area contributed by atoms with Gasteiger partial charge >= 0.3 is 96.2 Å². The van der Waals surface area contributed by atoms with Gasteiger partial charge in [0.1, 0.15) is 0 Å². The molecule has 0 saturated heterocycles. The van der Waals surface area contributed by atoms with Crippen molar-refractivity contribution in [1.29, 1.82) is 0 Å². The van der Waals surface area contributed by atoms with Crippen LogP contribution in [0.5, 0.6) is 0 Å². The Morgan fingerprint density at radius 2 is 1.77 bits per heavy atom. The first-order valence-electron chi connectivity index (χ1n) is 4.60. The molecular formula is C11H15ClSn. The van der Waals surface area contributed by atoms with Crippen molar-refractivity contribution in [3.05, 3.63) is 29.8 Å². The molecule has 1 aromatic carbocycles. The second kappa shape index (κ2) is 5.25. The maximum absolute atomic E-state index is 6.12. The van der Waals surface area contributed by atoms with E-state index in [-0.39, 0.29) is 5.38 Å². The maximum atomic E-state index is 6.12. The van der Waals surface area contributed by atoms with Gasteiger partial charge in [-0.05, 0) is 0 Å². The van der Waals surface area contributed by atoms with Crippen LogP contribution in [0.25, 0.3) is 0 Å². The van der Waals surface area contributed by atoms with E-state index >= 15 is 0 Å². The Hall–Kier alpha value is 0.309. The van der Waals surface area contributed by atoms with Gasteiger partial charge in [0.2, 0.25) is 0 Å². The summed E-state index contributed by atoms with van der Waals surface area (Å²) in [6, 6.07) is 8.62. The van der Waals surface area contributed by atoms with Gasteiger partial charge in [0, 0.05) is 0 Å². The van der Waals surface area contributed by atoms with Crippen LogP contribution < -0.4 is 3.58 Å². The summed E-state index contributed by atoms with van der Waals surface area (Å²) in [6.07, 6.45) is 0. The minimum absolute atomic E-state index is 0.163. The molecule has 0 N–H and O–H groups in total. The standard InChI is InChI=1S/C8H8Cl.C3H7.Sn/c1-7(9)8-5-3-2-4-6-8;1-3-2;/h2-5,7H,1H3;3H,1-2H3;. The molecular weight excluding hydrogens is 286 g/mol. The van der Waals surface area contributed by atoms with Gasteiger partial charge < -0.3 is 0 Å². The molecule has 0 amide bonds. The second-order valence-electron chi connectivity index (χ2n) is 3.50. The number of halogens is 1. The van der Waals surface area contributed by atoms with Crippen LogP contribution in [0, 0.1) is 0 Å². The summed E-state index contributed by atoms with van der Waals surface area (Å²) in [4.78, 5) is 0. The summed E-state index contributed by atoms with van der Waals surface area (Å²) in [5.74, 6) is 0. The topological polar surface area (TPSA) is 0 Å². The van der Waals surface area contributed by atoms with Crippen molar-refractivity contribution >= 4 is 36.3 Å². The van der Waals surface area contributed by atoms with Gasteiger partial charge in [-0.1, -0.05) is 0 Å². The molecule has 13 heavy (non-hydrogen) atoms. The summed E-state index contributed by atoms with van der Waals surface area (Å²) >= 11 is 5.71. The average molecular weight is 301 g/mol. The molecule has 1 unspecified atom stereocenters. The summed E-state index contributed by atoms with van der Waals surface area (Å²) in [5.41, 5.74) is 1.35. The van der Waals surface area contributed by atoms with E-state index in [0.717, 1.165) is 3.93 Å². The fourth-order valence-electron chi connectivity index (χ4n) is 1.29. The zero-order chi connectivity index (χ0) is 9.84. The Morgan fingerprint density at radius 3 is 2.31 bits per heavy atom. The van der Waals surface area contributed by atoms with Gasteiger partial charge in [-0.25, -0.2) is 0 Å². The molecule has 0 aliphatic carbocycles. The van der Waals surface area contributed by atoms with Crippen LogP contribution >= 0.6 is 11.6 Å². The van der Waals surface area contributed by atoms with E-state index in [1.165, 1.54) is 5.56 Å². The first-order valence-corrected chi connectivity index (χ1v) is 8.12. The third-order valence-electron chi connectivity index (χ3n) is 1.83. The quantitative estimate of drug-likeness (QED) is 0.594.